The van der Waals surface area contributed by atoms with E-state index in [4.69, 9.17) is 0 Å². The van der Waals surface area contributed by atoms with Crippen LogP contribution in [0.5, 0.6) is 0 Å². The summed E-state index contributed by atoms with van der Waals surface area (Å²) in [5.41, 5.74) is 1.65. The minimum Gasteiger partial charge on any atom is -0.338 e. The Labute approximate surface area is 119 Å². The number of aromatic nitrogens is 2. The third-order valence-electron chi connectivity index (χ3n) is 3.05. The number of hydrogen-bond acceptors (Lipinski definition) is 3. The van der Waals surface area contributed by atoms with E-state index in [-0.39, 0.29) is 5.91 Å². The Bertz CT molecular complexity index is 528. The van der Waals surface area contributed by atoms with Crippen molar-refractivity contribution in [2.24, 2.45) is 0 Å². The van der Waals surface area contributed by atoms with Crippen molar-refractivity contribution >= 4 is 5.91 Å². The second kappa shape index (κ2) is 7.38. The highest BCUT2D eigenvalue weighted by Gasteiger charge is 2.14. The van der Waals surface area contributed by atoms with E-state index in [1.807, 2.05) is 23.1 Å². The molecule has 0 unspecified atom stereocenters. The maximum Gasteiger partial charge on any atom is 0.255 e. The van der Waals surface area contributed by atoms with Gasteiger partial charge in [-0.05, 0) is 30.7 Å². The first kappa shape index (κ1) is 14.2. The van der Waals surface area contributed by atoms with Crippen LogP contribution in [0.3, 0.4) is 0 Å². The molecular weight excluding hydrogens is 250 g/mol. The highest BCUT2D eigenvalue weighted by Crippen LogP contribution is 2.06. The number of pyridine rings is 2. The number of nitrogens with zero attached hydrogens (tertiary/aromatic N) is 3. The molecule has 0 spiro atoms. The smallest absolute Gasteiger partial charge is 0.255 e. The second-order valence-electron chi connectivity index (χ2n) is 4.60. The van der Waals surface area contributed by atoms with Gasteiger partial charge in [0, 0.05) is 43.8 Å². The molecule has 4 heteroatoms. The summed E-state index contributed by atoms with van der Waals surface area (Å²) in [6.45, 7) is 3.50. The summed E-state index contributed by atoms with van der Waals surface area (Å²) in [6, 6.07) is 9.44. The van der Waals surface area contributed by atoms with E-state index in [1.165, 1.54) is 0 Å². The van der Waals surface area contributed by atoms with Crippen LogP contribution in [0.4, 0.5) is 0 Å². The molecule has 0 aromatic carbocycles. The van der Waals surface area contributed by atoms with Gasteiger partial charge >= 0.3 is 0 Å². The average molecular weight is 269 g/mol. The first-order chi connectivity index (χ1) is 9.81. The van der Waals surface area contributed by atoms with Gasteiger partial charge in [-0.3, -0.25) is 14.8 Å². The summed E-state index contributed by atoms with van der Waals surface area (Å²) >= 11 is 0. The van der Waals surface area contributed by atoms with Gasteiger partial charge < -0.3 is 4.90 Å². The third kappa shape index (κ3) is 3.88. The van der Waals surface area contributed by atoms with Crippen LogP contribution in [0.25, 0.3) is 0 Å². The van der Waals surface area contributed by atoms with Gasteiger partial charge in [-0.1, -0.05) is 13.0 Å². The Hall–Kier alpha value is -2.23. The molecule has 2 aromatic heterocycles. The van der Waals surface area contributed by atoms with E-state index < -0.39 is 0 Å². The molecule has 104 valence electrons. The first-order valence-electron chi connectivity index (χ1n) is 6.90. The highest BCUT2D eigenvalue weighted by molar-refractivity contribution is 5.93. The lowest BCUT2D eigenvalue weighted by molar-refractivity contribution is 0.0756. The lowest BCUT2D eigenvalue weighted by Crippen LogP contribution is -2.33. The summed E-state index contributed by atoms with van der Waals surface area (Å²) in [5.74, 6) is 0.0379. The molecule has 0 N–H and O–H groups in total. The van der Waals surface area contributed by atoms with Gasteiger partial charge in [-0.2, -0.15) is 0 Å². The molecule has 20 heavy (non-hydrogen) atoms. The molecule has 0 saturated carbocycles. The number of carbonyl (C=O) groups is 1. The van der Waals surface area contributed by atoms with E-state index in [0.717, 1.165) is 25.1 Å². The van der Waals surface area contributed by atoms with Crippen LogP contribution < -0.4 is 0 Å². The van der Waals surface area contributed by atoms with Crippen molar-refractivity contribution < 1.29 is 4.79 Å². The zero-order valence-corrected chi connectivity index (χ0v) is 11.7. The minimum absolute atomic E-state index is 0.0379. The normalized spacial score (nSPS) is 10.2. The summed E-state index contributed by atoms with van der Waals surface area (Å²) in [5, 5.41) is 0. The second-order valence-corrected chi connectivity index (χ2v) is 4.60. The van der Waals surface area contributed by atoms with E-state index in [9.17, 15) is 4.79 Å². The van der Waals surface area contributed by atoms with Crippen molar-refractivity contribution in [1.29, 1.82) is 0 Å². The van der Waals surface area contributed by atoms with Gasteiger partial charge in [-0.15, -0.1) is 0 Å². The van der Waals surface area contributed by atoms with E-state index in [1.54, 1.807) is 30.7 Å². The average Bonchev–Trinajstić information content (AvgIpc) is 2.52. The molecule has 0 aliphatic rings. The van der Waals surface area contributed by atoms with Crippen molar-refractivity contribution in [3.05, 3.63) is 60.2 Å². The molecule has 0 bridgehead atoms. The van der Waals surface area contributed by atoms with Gasteiger partial charge in [0.25, 0.3) is 5.91 Å². The van der Waals surface area contributed by atoms with E-state index in [0.29, 0.717) is 12.1 Å². The van der Waals surface area contributed by atoms with Crippen LogP contribution in [0.15, 0.2) is 48.9 Å². The van der Waals surface area contributed by atoms with Crippen LogP contribution in [-0.4, -0.2) is 33.9 Å². The topological polar surface area (TPSA) is 46.1 Å². The zero-order valence-electron chi connectivity index (χ0n) is 11.7. The molecule has 2 aromatic rings. The van der Waals surface area contributed by atoms with Crippen molar-refractivity contribution in [2.45, 2.75) is 19.8 Å². The Kier molecular flexibility index (Phi) is 5.24. The minimum atomic E-state index is 0.0379. The van der Waals surface area contributed by atoms with Gasteiger partial charge in [0.1, 0.15) is 0 Å². The lowest BCUT2D eigenvalue weighted by Gasteiger charge is -2.21. The van der Waals surface area contributed by atoms with Crippen molar-refractivity contribution in [3.63, 3.8) is 0 Å². The number of amides is 1. The number of carbonyl (C=O) groups excluding carboxylic acids is 1. The molecule has 1 amide bonds. The first-order valence-corrected chi connectivity index (χ1v) is 6.90. The van der Waals surface area contributed by atoms with Gasteiger partial charge in [0.15, 0.2) is 0 Å². The van der Waals surface area contributed by atoms with E-state index in [2.05, 4.69) is 16.9 Å². The number of rotatable bonds is 6. The predicted octanol–water partition coefficient (Wildman–Crippen LogP) is 2.57. The van der Waals surface area contributed by atoms with Gasteiger partial charge in [-0.25, -0.2) is 0 Å². The van der Waals surface area contributed by atoms with Crippen LogP contribution in [0, 0.1) is 0 Å². The fourth-order valence-electron chi connectivity index (χ4n) is 2.05. The monoisotopic (exact) mass is 269 g/mol. The summed E-state index contributed by atoms with van der Waals surface area (Å²) in [4.78, 5) is 22.6. The molecule has 0 aliphatic heterocycles. The largest absolute Gasteiger partial charge is 0.338 e. The Morgan fingerprint density at radius 3 is 2.70 bits per heavy atom. The molecule has 0 saturated heterocycles. The molecule has 0 radical (unpaired) electrons. The zero-order chi connectivity index (χ0) is 14.2. The molecule has 2 heterocycles. The molecule has 2 rings (SSSR count). The SMILES string of the molecule is CCCN(CCc1ccccn1)C(=O)c1cccnc1. The quantitative estimate of drug-likeness (QED) is 0.809. The Morgan fingerprint density at radius 1 is 1.15 bits per heavy atom. The maximum absolute atomic E-state index is 12.4. The van der Waals surface area contributed by atoms with Crippen LogP contribution in [0.2, 0.25) is 0 Å². The van der Waals surface area contributed by atoms with Crippen LogP contribution in [0.1, 0.15) is 29.4 Å². The molecular formula is C16H19N3O. The molecule has 4 nitrogen and oxygen atoms in total. The molecule has 0 atom stereocenters. The maximum atomic E-state index is 12.4. The lowest BCUT2D eigenvalue weighted by atomic mass is 10.2. The highest BCUT2D eigenvalue weighted by atomic mass is 16.2. The van der Waals surface area contributed by atoms with Crippen LogP contribution in [-0.2, 0) is 6.42 Å². The fourth-order valence-corrected chi connectivity index (χ4v) is 2.05. The summed E-state index contributed by atoms with van der Waals surface area (Å²) in [7, 11) is 0. The van der Waals surface area contributed by atoms with Crippen molar-refractivity contribution in [1.82, 2.24) is 14.9 Å². The van der Waals surface area contributed by atoms with Crippen LogP contribution >= 0.6 is 0 Å². The summed E-state index contributed by atoms with van der Waals surface area (Å²) in [6.07, 6.45) is 6.78. The van der Waals surface area contributed by atoms with Crippen molar-refractivity contribution in [3.8, 4) is 0 Å². The fraction of sp³-hybridized carbons (Fsp3) is 0.312. The number of hydrogen-bond donors (Lipinski definition) is 0. The van der Waals surface area contributed by atoms with Crippen molar-refractivity contribution in [2.75, 3.05) is 13.1 Å². The summed E-state index contributed by atoms with van der Waals surface area (Å²) < 4.78 is 0. The predicted molar refractivity (Wildman–Crippen MR) is 78.4 cm³/mol. The van der Waals surface area contributed by atoms with E-state index >= 15 is 0 Å². The standard InChI is InChI=1S/C16H19N3O/c1-2-11-19(12-8-15-7-3-4-10-18-15)16(20)14-6-5-9-17-13-14/h3-7,9-10,13H,2,8,11-12H2,1H3. The molecule has 0 aliphatic carbocycles. The van der Waals surface area contributed by atoms with Gasteiger partial charge in [0.2, 0.25) is 0 Å². The Morgan fingerprint density at radius 2 is 2.05 bits per heavy atom. The van der Waals surface area contributed by atoms with Gasteiger partial charge in [0.05, 0.1) is 5.56 Å². The Balaban J connectivity index is 2.02. The molecule has 0 fully saturated rings. The third-order valence-corrected chi connectivity index (χ3v) is 3.05.